The van der Waals surface area contributed by atoms with Crippen LogP contribution in [0.5, 0.6) is 0 Å². The van der Waals surface area contributed by atoms with E-state index >= 15 is 0 Å². The van der Waals surface area contributed by atoms with E-state index in [2.05, 4.69) is 10.1 Å². The molecule has 5 nitrogen and oxygen atoms in total. The van der Waals surface area contributed by atoms with E-state index in [4.69, 9.17) is 9.26 Å². The van der Waals surface area contributed by atoms with Crippen LogP contribution in [0.2, 0.25) is 0 Å². The fourth-order valence-electron chi connectivity index (χ4n) is 2.34. The summed E-state index contributed by atoms with van der Waals surface area (Å²) in [5.41, 5.74) is 0. The number of hydrogen-bond donors (Lipinski definition) is 0. The second-order valence-corrected chi connectivity index (χ2v) is 6.25. The second kappa shape index (κ2) is 7.67. The lowest BCUT2D eigenvalue weighted by Crippen LogP contribution is -2.16. The average molecular weight is 298 g/mol. The van der Waals surface area contributed by atoms with Gasteiger partial charge in [-0.05, 0) is 31.9 Å². The predicted octanol–water partition coefficient (Wildman–Crippen LogP) is 3.47. The first-order valence-electron chi connectivity index (χ1n) is 7.38. The van der Waals surface area contributed by atoms with Crippen LogP contribution in [0.1, 0.15) is 68.8 Å². The molecule has 112 valence electrons. The monoisotopic (exact) mass is 298 g/mol. The lowest BCUT2D eigenvalue weighted by Gasteiger charge is -2.17. The number of ether oxygens (including phenoxy) is 1. The number of esters is 1. The minimum Gasteiger partial charge on any atom is -0.465 e. The van der Waals surface area contributed by atoms with Gasteiger partial charge >= 0.3 is 5.97 Å². The molecule has 0 radical (unpaired) electrons. The van der Waals surface area contributed by atoms with Crippen LogP contribution in [0, 0.1) is 0 Å². The molecule has 2 rings (SSSR count). The molecule has 2 heterocycles. The van der Waals surface area contributed by atoms with Gasteiger partial charge in [0.05, 0.1) is 11.9 Å². The van der Waals surface area contributed by atoms with E-state index in [0.717, 1.165) is 24.4 Å². The summed E-state index contributed by atoms with van der Waals surface area (Å²) in [6.07, 6.45) is 5.10. The SMILES string of the molecule is CCCC(C(=O)OCC)c1nc(C2CCCCS2)no1. The fourth-order valence-corrected chi connectivity index (χ4v) is 3.57. The Bertz CT molecular complexity index is 430. The Kier molecular flexibility index (Phi) is 5.88. The maximum Gasteiger partial charge on any atom is 0.318 e. The Balaban J connectivity index is 2.09. The molecule has 1 fully saturated rings. The van der Waals surface area contributed by atoms with Crippen LogP contribution in [-0.2, 0) is 9.53 Å². The van der Waals surface area contributed by atoms with Crippen LogP contribution < -0.4 is 0 Å². The van der Waals surface area contributed by atoms with E-state index in [0.29, 0.717) is 24.2 Å². The Labute approximate surface area is 123 Å². The Hall–Kier alpha value is -1.04. The summed E-state index contributed by atoms with van der Waals surface area (Å²) in [7, 11) is 0. The molecule has 1 aromatic heterocycles. The molecule has 0 amide bonds. The zero-order valence-electron chi connectivity index (χ0n) is 12.1. The highest BCUT2D eigenvalue weighted by Gasteiger charge is 2.29. The lowest BCUT2D eigenvalue weighted by molar-refractivity contribution is -0.145. The topological polar surface area (TPSA) is 65.2 Å². The minimum absolute atomic E-state index is 0.263. The molecular formula is C14H22N2O3S. The van der Waals surface area contributed by atoms with Crippen LogP contribution >= 0.6 is 11.8 Å². The quantitative estimate of drug-likeness (QED) is 0.749. The molecule has 0 saturated carbocycles. The van der Waals surface area contributed by atoms with Gasteiger partial charge in [-0.1, -0.05) is 24.9 Å². The van der Waals surface area contributed by atoms with E-state index < -0.39 is 5.92 Å². The molecule has 1 aliphatic heterocycles. The van der Waals surface area contributed by atoms with Crippen molar-refractivity contribution in [3.05, 3.63) is 11.7 Å². The van der Waals surface area contributed by atoms with E-state index in [9.17, 15) is 4.79 Å². The van der Waals surface area contributed by atoms with Gasteiger partial charge in [-0.2, -0.15) is 16.7 Å². The molecule has 2 unspecified atom stereocenters. The van der Waals surface area contributed by atoms with Gasteiger partial charge in [-0.15, -0.1) is 0 Å². The highest BCUT2D eigenvalue weighted by Crippen LogP contribution is 2.37. The van der Waals surface area contributed by atoms with Crippen LogP contribution in [0.3, 0.4) is 0 Å². The first kappa shape index (κ1) is 15.4. The first-order valence-corrected chi connectivity index (χ1v) is 8.42. The maximum absolute atomic E-state index is 12.0. The molecule has 1 saturated heterocycles. The highest BCUT2D eigenvalue weighted by molar-refractivity contribution is 7.99. The Morgan fingerprint density at radius 1 is 1.50 bits per heavy atom. The van der Waals surface area contributed by atoms with Crippen molar-refractivity contribution in [3.8, 4) is 0 Å². The lowest BCUT2D eigenvalue weighted by atomic mass is 10.0. The Morgan fingerprint density at radius 2 is 2.35 bits per heavy atom. The van der Waals surface area contributed by atoms with Crippen molar-refractivity contribution in [1.29, 1.82) is 0 Å². The van der Waals surface area contributed by atoms with Gasteiger partial charge in [0.15, 0.2) is 5.82 Å². The van der Waals surface area contributed by atoms with Gasteiger partial charge in [0, 0.05) is 0 Å². The number of rotatable bonds is 6. The highest BCUT2D eigenvalue weighted by atomic mass is 32.2. The molecule has 0 aliphatic carbocycles. The fraction of sp³-hybridized carbons (Fsp3) is 0.786. The molecule has 0 bridgehead atoms. The van der Waals surface area contributed by atoms with Crippen LogP contribution in [0.25, 0.3) is 0 Å². The van der Waals surface area contributed by atoms with Crippen molar-refractivity contribution >= 4 is 17.7 Å². The van der Waals surface area contributed by atoms with Crippen LogP contribution in [0.4, 0.5) is 0 Å². The number of hydrogen-bond acceptors (Lipinski definition) is 6. The van der Waals surface area contributed by atoms with E-state index in [1.165, 1.54) is 12.8 Å². The molecule has 20 heavy (non-hydrogen) atoms. The summed E-state index contributed by atoms with van der Waals surface area (Å²) in [4.78, 5) is 16.4. The van der Waals surface area contributed by atoms with Crippen molar-refractivity contribution < 1.29 is 14.1 Å². The second-order valence-electron chi connectivity index (χ2n) is 4.94. The zero-order chi connectivity index (χ0) is 14.4. The van der Waals surface area contributed by atoms with E-state index in [1.807, 2.05) is 18.7 Å². The van der Waals surface area contributed by atoms with E-state index in [-0.39, 0.29) is 5.97 Å². The summed E-state index contributed by atoms with van der Waals surface area (Å²) in [6, 6.07) is 0. The molecule has 6 heteroatoms. The molecule has 1 aromatic rings. The van der Waals surface area contributed by atoms with Crippen LogP contribution in [0.15, 0.2) is 4.52 Å². The van der Waals surface area contributed by atoms with Gasteiger partial charge in [-0.25, -0.2) is 0 Å². The molecule has 2 atom stereocenters. The molecule has 0 spiro atoms. The third-order valence-corrected chi connectivity index (χ3v) is 4.74. The molecule has 0 aromatic carbocycles. The van der Waals surface area contributed by atoms with Gasteiger partial charge in [-0.3, -0.25) is 4.79 Å². The number of carbonyl (C=O) groups is 1. The van der Waals surface area contributed by atoms with Gasteiger partial charge < -0.3 is 9.26 Å². The summed E-state index contributed by atoms with van der Waals surface area (Å²) in [5.74, 6) is 1.60. The van der Waals surface area contributed by atoms with Gasteiger partial charge in [0.1, 0.15) is 5.92 Å². The summed E-state index contributed by atoms with van der Waals surface area (Å²) >= 11 is 1.87. The largest absolute Gasteiger partial charge is 0.465 e. The summed E-state index contributed by atoms with van der Waals surface area (Å²) in [5, 5.41) is 4.38. The Morgan fingerprint density at radius 3 is 3.00 bits per heavy atom. The summed E-state index contributed by atoms with van der Waals surface area (Å²) < 4.78 is 10.4. The van der Waals surface area contributed by atoms with E-state index in [1.54, 1.807) is 6.92 Å². The predicted molar refractivity (Wildman–Crippen MR) is 77.6 cm³/mol. The molecular weight excluding hydrogens is 276 g/mol. The van der Waals surface area contributed by atoms with Gasteiger partial charge in [0.2, 0.25) is 5.89 Å². The van der Waals surface area contributed by atoms with Crippen molar-refractivity contribution in [1.82, 2.24) is 10.1 Å². The van der Waals surface area contributed by atoms with Crippen molar-refractivity contribution in [2.45, 2.75) is 57.1 Å². The molecule has 0 N–H and O–H groups in total. The maximum atomic E-state index is 12.0. The normalized spacial score (nSPS) is 20.6. The number of thioether (sulfide) groups is 1. The van der Waals surface area contributed by atoms with Crippen molar-refractivity contribution in [2.24, 2.45) is 0 Å². The van der Waals surface area contributed by atoms with Gasteiger partial charge in [0.25, 0.3) is 0 Å². The smallest absolute Gasteiger partial charge is 0.318 e. The standard InChI is InChI=1S/C14H22N2O3S/c1-3-7-10(14(17)18-4-2)13-15-12(16-19-13)11-8-5-6-9-20-11/h10-11H,3-9H2,1-2H3. The number of carbonyl (C=O) groups excluding carboxylic acids is 1. The van der Waals surface area contributed by atoms with Crippen molar-refractivity contribution in [3.63, 3.8) is 0 Å². The number of nitrogens with zero attached hydrogens (tertiary/aromatic N) is 2. The van der Waals surface area contributed by atoms with Crippen LogP contribution in [-0.4, -0.2) is 28.5 Å². The zero-order valence-corrected chi connectivity index (χ0v) is 12.9. The first-order chi connectivity index (χ1) is 9.76. The number of aromatic nitrogens is 2. The average Bonchev–Trinajstić information content (AvgIpc) is 2.95. The summed E-state index contributed by atoms with van der Waals surface area (Å²) in [6.45, 7) is 4.21. The third kappa shape index (κ3) is 3.75. The van der Waals surface area contributed by atoms with Crippen molar-refractivity contribution in [2.75, 3.05) is 12.4 Å². The third-order valence-electron chi connectivity index (χ3n) is 3.37. The minimum atomic E-state index is -0.421. The molecule has 1 aliphatic rings.